The van der Waals surface area contributed by atoms with Gasteiger partial charge in [-0.05, 0) is 110 Å². The van der Waals surface area contributed by atoms with E-state index in [4.69, 9.17) is 15.2 Å². The number of carbonyl (C=O) groups excluding carboxylic acids is 1. The maximum Gasteiger partial charge on any atom is 0.296 e. The van der Waals surface area contributed by atoms with Gasteiger partial charge in [0.25, 0.3) is 26.1 Å². The number of amides is 1. The van der Waals surface area contributed by atoms with Gasteiger partial charge < -0.3 is 20.5 Å². The molecule has 5 aromatic carbocycles. The van der Waals surface area contributed by atoms with Crippen LogP contribution in [0.5, 0.6) is 11.5 Å². The van der Waals surface area contributed by atoms with Gasteiger partial charge in [-0.3, -0.25) is 13.9 Å². The van der Waals surface area contributed by atoms with Gasteiger partial charge >= 0.3 is 0 Å². The Labute approximate surface area is 316 Å². The second-order valence-electron chi connectivity index (χ2n) is 11.9. The minimum absolute atomic E-state index is 0.274. The summed E-state index contributed by atoms with van der Waals surface area (Å²) >= 11 is 0. The SMILES string of the molecule is COc1cc(N=Nc2ccc(N=Nc3cc(S(=O)(=O)O)ccc3S(=O)(=O)O)c(C)c2)c(C)cc1N=Nc1cc(OC)c(NC(=O)c2ccc(N)cc2)cc1C. The number of benzene rings is 5. The summed E-state index contributed by atoms with van der Waals surface area (Å²) in [4.78, 5) is 11.5. The number of hydrogen-bond donors (Lipinski definition) is 4. The van der Waals surface area contributed by atoms with Crippen molar-refractivity contribution in [3.8, 4) is 11.5 Å². The molecule has 19 heteroatoms. The smallest absolute Gasteiger partial charge is 0.296 e. The van der Waals surface area contributed by atoms with Gasteiger partial charge in [-0.2, -0.15) is 37.3 Å². The molecule has 0 saturated carbocycles. The van der Waals surface area contributed by atoms with Crippen LogP contribution in [0.4, 0.5) is 45.5 Å². The Hall–Kier alpha value is -6.41. The monoisotopic (exact) mass is 786 g/mol. The second-order valence-corrected chi connectivity index (χ2v) is 14.7. The Morgan fingerprint density at radius 3 is 1.78 bits per heavy atom. The molecule has 1 amide bonds. The standard InChI is InChI=1S/C36H34N8O9S2/c1-20-14-25(10-12-27(20)40-44-32-17-26(54(46,47)48)11-13-35(32)55(49,50)51)39-41-28-19-34(53-5)31(16-22(28)3)43-42-29-18-33(52-4)30(15-21(29)2)38-36(45)23-6-8-24(37)9-7-23/h6-19H,37H2,1-5H3,(H,38,45)(H,46,47,48)(H,49,50,51). The van der Waals surface area contributed by atoms with E-state index in [2.05, 4.69) is 36.0 Å². The number of nitrogens with two attached hydrogens (primary N) is 1. The van der Waals surface area contributed by atoms with Gasteiger partial charge in [-0.15, -0.1) is 10.2 Å². The molecule has 5 N–H and O–H groups in total. The zero-order valence-corrected chi connectivity index (χ0v) is 31.5. The number of methoxy groups -OCH3 is 2. The van der Waals surface area contributed by atoms with Gasteiger partial charge in [-0.1, -0.05) is 0 Å². The highest BCUT2D eigenvalue weighted by molar-refractivity contribution is 7.86. The average Bonchev–Trinajstić information content (AvgIpc) is 3.13. The van der Waals surface area contributed by atoms with Crippen molar-refractivity contribution in [2.24, 2.45) is 30.7 Å². The van der Waals surface area contributed by atoms with Crippen LogP contribution in [0.25, 0.3) is 0 Å². The first-order valence-corrected chi connectivity index (χ1v) is 18.8. The summed E-state index contributed by atoms with van der Waals surface area (Å²) in [7, 11) is -6.53. The predicted molar refractivity (Wildman–Crippen MR) is 204 cm³/mol. The molecule has 0 spiro atoms. The molecule has 5 rings (SSSR count). The number of aryl methyl sites for hydroxylation is 3. The molecule has 17 nitrogen and oxygen atoms in total. The summed E-state index contributed by atoms with van der Waals surface area (Å²) in [5.41, 5.74) is 10.7. The van der Waals surface area contributed by atoms with Crippen LogP contribution in [0.15, 0.2) is 125 Å². The van der Waals surface area contributed by atoms with Gasteiger partial charge in [0, 0.05) is 23.4 Å². The highest BCUT2D eigenvalue weighted by Gasteiger charge is 2.20. The third-order valence-electron chi connectivity index (χ3n) is 7.93. The van der Waals surface area contributed by atoms with E-state index in [-0.39, 0.29) is 11.6 Å². The van der Waals surface area contributed by atoms with Crippen molar-refractivity contribution >= 4 is 71.6 Å². The minimum atomic E-state index is -4.79. The lowest BCUT2D eigenvalue weighted by Crippen LogP contribution is -2.12. The fourth-order valence-corrected chi connectivity index (χ4v) is 6.09. The van der Waals surface area contributed by atoms with Gasteiger partial charge in [0.1, 0.15) is 27.8 Å². The number of rotatable bonds is 12. The summed E-state index contributed by atoms with van der Waals surface area (Å²) in [6.07, 6.45) is 0. The molecule has 0 unspecified atom stereocenters. The van der Waals surface area contributed by atoms with Gasteiger partial charge in [0.05, 0.1) is 47.6 Å². The van der Waals surface area contributed by atoms with Crippen LogP contribution in [0.2, 0.25) is 0 Å². The molecule has 0 aliphatic carbocycles. The number of carbonyl (C=O) groups is 1. The molecule has 0 bridgehead atoms. The van der Waals surface area contributed by atoms with Gasteiger partial charge in [-0.25, -0.2) is 0 Å². The lowest BCUT2D eigenvalue weighted by molar-refractivity contribution is 0.102. The minimum Gasteiger partial charge on any atom is -0.494 e. The molecule has 0 atom stereocenters. The lowest BCUT2D eigenvalue weighted by atomic mass is 10.1. The largest absolute Gasteiger partial charge is 0.494 e. The quantitative estimate of drug-likeness (QED) is 0.0529. The number of nitrogen functional groups attached to an aromatic ring is 1. The Morgan fingerprint density at radius 2 is 1.16 bits per heavy atom. The molecular weight excluding hydrogens is 753 g/mol. The molecule has 0 aliphatic rings. The lowest BCUT2D eigenvalue weighted by Gasteiger charge is -2.13. The van der Waals surface area contributed by atoms with Crippen LogP contribution >= 0.6 is 0 Å². The normalized spacial score (nSPS) is 12.1. The van der Waals surface area contributed by atoms with Crippen LogP contribution in [0.1, 0.15) is 27.0 Å². The van der Waals surface area contributed by atoms with E-state index in [0.717, 1.165) is 23.8 Å². The number of nitrogens with zero attached hydrogens (tertiary/aromatic N) is 6. The first-order chi connectivity index (χ1) is 26.0. The van der Waals surface area contributed by atoms with E-state index in [0.29, 0.717) is 62.3 Å². The third-order valence-corrected chi connectivity index (χ3v) is 9.68. The van der Waals surface area contributed by atoms with Crippen molar-refractivity contribution in [3.05, 3.63) is 107 Å². The molecule has 5 aromatic rings. The summed E-state index contributed by atoms with van der Waals surface area (Å²) in [6.45, 7) is 5.31. The molecule has 55 heavy (non-hydrogen) atoms. The molecule has 0 saturated heterocycles. The molecule has 0 radical (unpaired) electrons. The first kappa shape index (κ1) is 39.8. The molecule has 0 fully saturated rings. The van der Waals surface area contributed by atoms with Gasteiger partial charge in [0.15, 0.2) is 0 Å². The van der Waals surface area contributed by atoms with E-state index in [1.807, 2.05) is 13.8 Å². The predicted octanol–water partition coefficient (Wildman–Crippen LogP) is 9.20. The number of ether oxygens (including phenoxy) is 2. The number of azo groups is 3. The average molecular weight is 787 g/mol. The van der Waals surface area contributed by atoms with Crippen molar-refractivity contribution in [1.29, 1.82) is 0 Å². The van der Waals surface area contributed by atoms with Crippen molar-refractivity contribution < 1.29 is 40.2 Å². The van der Waals surface area contributed by atoms with E-state index < -0.39 is 35.7 Å². The van der Waals surface area contributed by atoms with Crippen LogP contribution in [-0.2, 0) is 20.2 Å². The van der Waals surface area contributed by atoms with Crippen molar-refractivity contribution in [2.75, 3.05) is 25.3 Å². The first-order valence-electron chi connectivity index (χ1n) is 16.0. The van der Waals surface area contributed by atoms with Crippen LogP contribution in [0.3, 0.4) is 0 Å². The van der Waals surface area contributed by atoms with E-state index in [9.17, 15) is 30.7 Å². The third kappa shape index (κ3) is 9.78. The highest BCUT2D eigenvalue weighted by atomic mass is 32.2. The Bertz CT molecular complexity index is 2610. The number of hydrogen-bond acceptors (Lipinski definition) is 14. The zero-order valence-electron chi connectivity index (χ0n) is 29.9. The molecule has 0 aromatic heterocycles. The Balaban J connectivity index is 1.34. The number of nitrogens with one attached hydrogen (secondary N) is 1. The van der Waals surface area contributed by atoms with E-state index in [1.165, 1.54) is 20.3 Å². The summed E-state index contributed by atoms with van der Waals surface area (Å²) in [5, 5.41) is 28.2. The van der Waals surface area contributed by atoms with Gasteiger partial charge in [0.2, 0.25) is 0 Å². The molecular formula is C36H34N8O9S2. The van der Waals surface area contributed by atoms with Crippen LogP contribution < -0.4 is 20.5 Å². The fraction of sp³-hybridized carbons (Fsp3) is 0.139. The Kier molecular flexibility index (Phi) is 11.8. The van der Waals surface area contributed by atoms with E-state index in [1.54, 1.807) is 67.6 Å². The molecule has 0 aliphatic heterocycles. The number of anilines is 2. The topological polar surface area (TPSA) is 256 Å². The molecule has 284 valence electrons. The van der Waals surface area contributed by atoms with Crippen LogP contribution in [-0.4, -0.2) is 46.1 Å². The summed E-state index contributed by atoms with van der Waals surface area (Å²) in [5.74, 6) is 0.419. The maximum absolute atomic E-state index is 12.8. The fourth-order valence-electron chi connectivity index (χ4n) is 4.99. The Morgan fingerprint density at radius 1 is 0.600 bits per heavy atom. The summed E-state index contributed by atoms with van der Waals surface area (Å²) < 4.78 is 76.7. The van der Waals surface area contributed by atoms with Crippen molar-refractivity contribution in [2.45, 2.75) is 30.6 Å². The van der Waals surface area contributed by atoms with Crippen LogP contribution in [0, 0.1) is 20.8 Å². The maximum atomic E-state index is 12.8. The molecule has 0 heterocycles. The van der Waals surface area contributed by atoms with Crippen molar-refractivity contribution in [1.82, 2.24) is 0 Å². The summed E-state index contributed by atoms with van der Waals surface area (Å²) in [6, 6.07) is 20.4. The zero-order chi connectivity index (χ0) is 40.1. The highest BCUT2D eigenvalue weighted by Crippen LogP contribution is 2.39. The second kappa shape index (κ2) is 16.3. The van der Waals surface area contributed by atoms with Crippen molar-refractivity contribution in [3.63, 3.8) is 0 Å². The van der Waals surface area contributed by atoms with E-state index >= 15 is 0 Å².